The van der Waals surface area contributed by atoms with Crippen molar-refractivity contribution in [2.24, 2.45) is 27.9 Å². The van der Waals surface area contributed by atoms with Crippen LogP contribution in [0, 0.1) is 22.2 Å². The highest BCUT2D eigenvalue weighted by Crippen LogP contribution is 2.53. The lowest BCUT2D eigenvalue weighted by Gasteiger charge is -2.46. The molecular weight excluding hydrogens is 314 g/mol. The van der Waals surface area contributed by atoms with Crippen molar-refractivity contribution in [3.63, 3.8) is 0 Å². The predicted octanol–water partition coefficient (Wildman–Crippen LogP) is 8.01. The van der Waals surface area contributed by atoms with Crippen LogP contribution in [0.25, 0.3) is 0 Å². The van der Waals surface area contributed by atoms with E-state index in [1.165, 1.54) is 37.7 Å². The molecule has 1 unspecified atom stereocenters. The van der Waals surface area contributed by atoms with Crippen molar-refractivity contribution in [2.45, 2.75) is 114 Å². The van der Waals surface area contributed by atoms with Gasteiger partial charge in [-0.25, -0.2) is 0 Å². The summed E-state index contributed by atoms with van der Waals surface area (Å²) >= 11 is 0. The first-order chi connectivity index (χ1) is 12.2. The molecule has 26 heavy (non-hydrogen) atoms. The van der Waals surface area contributed by atoms with Gasteiger partial charge in [0.2, 0.25) is 0 Å². The Balaban J connectivity index is 3.67. The molecule has 152 valence electrons. The van der Waals surface area contributed by atoms with Crippen LogP contribution < -0.4 is 5.73 Å². The van der Waals surface area contributed by atoms with Crippen LogP contribution >= 0.6 is 0 Å². The van der Waals surface area contributed by atoms with Crippen LogP contribution in [0.1, 0.15) is 114 Å². The van der Waals surface area contributed by atoms with Gasteiger partial charge in [0.05, 0.1) is 0 Å². The van der Waals surface area contributed by atoms with Gasteiger partial charge in [-0.1, -0.05) is 81.2 Å². The largest absolute Gasteiger partial charge is 0.399 e. The Hall–Kier alpha value is -0.720. The van der Waals surface area contributed by atoms with Gasteiger partial charge in [0.15, 0.2) is 0 Å². The first-order valence-corrected chi connectivity index (χ1v) is 11.4. The Morgan fingerprint density at radius 2 is 1.27 bits per heavy atom. The second-order valence-corrected chi connectivity index (χ2v) is 9.25. The third-order valence-electron chi connectivity index (χ3n) is 8.80. The summed E-state index contributed by atoms with van der Waals surface area (Å²) in [6.07, 6.45) is 12.1. The molecule has 0 bridgehead atoms. The lowest BCUT2D eigenvalue weighted by molar-refractivity contribution is 0.182. The fourth-order valence-electron chi connectivity index (χ4n) is 5.11. The molecule has 1 atom stereocenters. The number of nitrogens with two attached hydrogens (primary N) is 1. The molecule has 0 amide bonds. The lowest BCUT2D eigenvalue weighted by atomic mass is 9.59. The Labute approximate surface area is 164 Å². The minimum atomic E-state index is 0.192. The van der Waals surface area contributed by atoms with Crippen molar-refractivity contribution in [2.75, 3.05) is 0 Å². The third-order valence-corrected chi connectivity index (χ3v) is 8.80. The molecule has 2 N–H and O–H groups in total. The Morgan fingerprint density at radius 3 is 1.62 bits per heavy atom. The van der Waals surface area contributed by atoms with Gasteiger partial charge in [0, 0.05) is 5.70 Å². The quantitative estimate of drug-likeness (QED) is 0.419. The zero-order chi connectivity index (χ0) is 20.2. The van der Waals surface area contributed by atoms with Gasteiger partial charge >= 0.3 is 0 Å². The zero-order valence-electron chi connectivity index (χ0n) is 19.4. The van der Waals surface area contributed by atoms with Crippen molar-refractivity contribution >= 4 is 0 Å². The van der Waals surface area contributed by atoms with E-state index < -0.39 is 0 Å². The normalized spacial score (nSPS) is 19.7. The Kier molecular flexibility index (Phi) is 8.05. The highest BCUT2D eigenvalue weighted by atomic mass is 14.6. The summed E-state index contributed by atoms with van der Waals surface area (Å²) in [4.78, 5) is 0. The van der Waals surface area contributed by atoms with Crippen molar-refractivity contribution in [3.8, 4) is 0 Å². The van der Waals surface area contributed by atoms with E-state index in [0.29, 0.717) is 11.3 Å². The fourth-order valence-corrected chi connectivity index (χ4v) is 5.11. The minimum Gasteiger partial charge on any atom is -0.399 e. The van der Waals surface area contributed by atoms with E-state index in [4.69, 9.17) is 5.73 Å². The van der Waals surface area contributed by atoms with Gasteiger partial charge in [-0.2, -0.15) is 0 Å². The molecule has 1 heteroatoms. The molecule has 0 heterocycles. The first kappa shape index (κ1) is 23.3. The van der Waals surface area contributed by atoms with E-state index in [-0.39, 0.29) is 10.8 Å². The second-order valence-electron chi connectivity index (χ2n) is 9.25. The van der Waals surface area contributed by atoms with Crippen LogP contribution in [0.15, 0.2) is 22.9 Å². The van der Waals surface area contributed by atoms with Crippen LogP contribution in [0.5, 0.6) is 0 Å². The monoisotopic (exact) mass is 361 g/mol. The topological polar surface area (TPSA) is 26.0 Å². The van der Waals surface area contributed by atoms with Crippen molar-refractivity contribution < 1.29 is 0 Å². The Bertz CT molecular complexity index is 502. The number of rotatable bonds is 10. The van der Waals surface area contributed by atoms with E-state index in [9.17, 15) is 0 Å². The third kappa shape index (κ3) is 3.92. The van der Waals surface area contributed by atoms with Crippen LogP contribution in [0.3, 0.4) is 0 Å². The van der Waals surface area contributed by atoms with Crippen molar-refractivity contribution in [3.05, 3.63) is 22.9 Å². The molecule has 0 aromatic carbocycles. The summed E-state index contributed by atoms with van der Waals surface area (Å²) in [6.45, 7) is 21.4. The van der Waals surface area contributed by atoms with Crippen LogP contribution in [-0.2, 0) is 0 Å². The molecule has 1 aliphatic carbocycles. The van der Waals surface area contributed by atoms with Gasteiger partial charge in [-0.15, -0.1) is 0 Å². The molecule has 0 aromatic heterocycles. The number of hydrogen-bond donors (Lipinski definition) is 1. The molecule has 0 saturated carbocycles. The fraction of sp³-hybridized carbons (Fsp3) is 0.840. The van der Waals surface area contributed by atoms with Crippen LogP contribution in [0.4, 0.5) is 0 Å². The summed E-state index contributed by atoms with van der Waals surface area (Å²) in [6, 6.07) is 0. The summed E-state index contributed by atoms with van der Waals surface area (Å²) in [7, 11) is 0. The number of hydrogen-bond acceptors (Lipinski definition) is 1. The van der Waals surface area contributed by atoms with E-state index in [2.05, 4.69) is 68.4 Å². The highest BCUT2D eigenvalue weighted by molar-refractivity contribution is 5.44. The summed E-state index contributed by atoms with van der Waals surface area (Å²) < 4.78 is 0. The molecule has 1 nitrogen and oxygen atoms in total. The average Bonchev–Trinajstić information content (AvgIpc) is 2.69. The van der Waals surface area contributed by atoms with Gasteiger partial charge < -0.3 is 5.73 Å². The summed E-state index contributed by atoms with van der Waals surface area (Å²) in [5, 5.41) is 0. The SMILES string of the molecule is CCC(C)(CC)C1=CC(C(C)(CC)CC)CC(C(CC)(CC)CC)=C1N. The van der Waals surface area contributed by atoms with E-state index >= 15 is 0 Å². The maximum Gasteiger partial charge on any atom is 0.0346 e. The summed E-state index contributed by atoms with van der Waals surface area (Å²) in [5.74, 6) is 0.608. The molecule has 0 spiro atoms. The maximum atomic E-state index is 6.97. The molecule has 0 aromatic rings. The van der Waals surface area contributed by atoms with E-state index in [0.717, 1.165) is 25.0 Å². The van der Waals surface area contributed by atoms with E-state index in [1.54, 1.807) is 5.57 Å². The zero-order valence-corrected chi connectivity index (χ0v) is 19.4. The maximum absolute atomic E-state index is 6.97. The van der Waals surface area contributed by atoms with E-state index in [1.807, 2.05) is 0 Å². The molecule has 0 fully saturated rings. The Morgan fingerprint density at radius 1 is 0.808 bits per heavy atom. The number of allylic oxidation sites excluding steroid dienone is 3. The molecule has 0 aliphatic heterocycles. The standard InChI is InChI=1S/C25H47N/c1-10-23(8,11-2)19-17-20(24(9,12-3)13-4)22(26)21(18-19)25(14-5,15-6)16-7/h17,19H,10-16,18,26H2,1-9H3. The second kappa shape index (κ2) is 8.98. The van der Waals surface area contributed by atoms with Crippen molar-refractivity contribution in [1.82, 2.24) is 0 Å². The van der Waals surface area contributed by atoms with Gasteiger partial charge in [-0.05, 0) is 71.8 Å². The molecule has 1 aliphatic rings. The molecule has 0 saturated heterocycles. The molecular formula is C25H47N. The van der Waals surface area contributed by atoms with Crippen molar-refractivity contribution in [1.29, 1.82) is 0 Å². The molecule has 0 radical (unpaired) electrons. The van der Waals surface area contributed by atoms with Crippen LogP contribution in [0.2, 0.25) is 0 Å². The summed E-state index contributed by atoms with van der Waals surface area (Å²) in [5.41, 5.74) is 12.0. The van der Waals surface area contributed by atoms with Crippen LogP contribution in [-0.4, -0.2) is 0 Å². The van der Waals surface area contributed by atoms with Gasteiger partial charge in [0.1, 0.15) is 0 Å². The van der Waals surface area contributed by atoms with Gasteiger partial charge in [-0.3, -0.25) is 0 Å². The predicted molar refractivity (Wildman–Crippen MR) is 118 cm³/mol. The first-order valence-electron chi connectivity index (χ1n) is 11.4. The molecule has 1 rings (SSSR count). The lowest BCUT2D eigenvalue weighted by Crippen LogP contribution is -2.37. The van der Waals surface area contributed by atoms with Gasteiger partial charge in [0.25, 0.3) is 0 Å². The highest BCUT2D eigenvalue weighted by Gasteiger charge is 2.42. The minimum absolute atomic E-state index is 0.192. The smallest absolute Gasteiger partial charge is 0.0346 e. The average molecular weight is 362 g/mol.